The fourth-order valence-corrected chi connectivity index (χ4v) is 4.32. The van der Waals surface area contributed by atoms with E-state index >= 15 is 4.39 Å². The van der Waals surface area contributed by atoms with E-state index in [0.29, 0.717) is 28.5 Å². The van der Waals surface area contributed by atoms with Gasteiger partial charge in [-0.25, -0.2) is 32.6 Å². The summed E-state index contributed by atoms with van der Waals surface area (Å²) >= 11 is 0. The van der Waals surface area contributed by atoms with E-state index in [2.05, 4.69) is 37.2 Å². The van der Waals surface area contributed by atoms with Crippen LogP contribution >= 0.6 is 0 Å². The molecule has 0 bridgehead atoms. The number of amides is 1. The van der Waals surface area contributed by atoms with Crippen LogP contribution < -0.4 is 15.4 Å². The maximum atomic E-state index is 15.6. The van der Waals surface area contributed by atoms with Gasteiger partial charge in [-0.05, 0) is 50.5 Å². The second kappa shape index (κ2) is 9.37. The molecule has 2 aromatic heterocycles. The Morgan fingerprint density at radius 2 is 2.03 bits per heavy atom. The number of benzene rings is 1. The highest BCUT2D eigenvalue weighted by atomic mass is 32.2. The van der Waals surface area contributed by atoms with E-state index in [4.69, 9.17) is 10.1 Å². The van der Waals surface area contributed by atoms with Crippen molar-refractivity contribution in [3.63, 3.8) is 0 Å². The zero-order chi connectivity index (χ0) is 26.3. The summed E-state index contributed by atoms with van der Waals surface area (Å²) in [6, 6.07) is 4.31. The lowest BCUT2D eigenvalue weighted by atomic mass is 10.0. The zero-order valence-corrected chi connectivity index (χ0v) is 21.1. The molecule has 1 amide bonds. The van der Waals surface area contributed by atoms with Gasteiger partial charge in [-0.15, -0.1) is 0 Å². The molecule has 3 aromatic rings. The lowest BCUT2D eigenvalue weighted by Gasteiger charge is -2.13. The first-order chi connectivity index (χ1) is 16.8. The molecule has 0 spiro atoms. The van der Waals surface area contributed by atoms with Gasteiger partial charge in [0.1, 0.15) is 11.5 Å². The van der Waals surface area contributed by atoms with Crippen molar-refractivity contribution in [3.05, 3.63) is 41.6 Å². The predicted octanol–water partition coefficient (Wildman–Crippen LogP) is 3.47. The molecule has 1 atom stereocenters. The summed E-state index contributed by atoms with van der Waals surface area (Å²) in [6.07, 6.45) is 3.22. The first kappa shape index (κ1) is 25.4. The van der Waals surface area contributed by atoms with Crippen LogP contribution in [0.5, 0.6) is 0 Å². The molecule has 0 radical (unpaired) electrons. The molecule has 192 valence electrons. The second-order valence-electron chi connectivity index (χ2n) is 9.41. The summed E-state index contributed by atoms with van der Waals surface area (Å²) in [6.45, 7) is 5.75. The Labute approximate surface area is 208 Å². The molecular formula is C23H28FN7O4S. The Morgan fingerprint density at radius 3 is 2.67 bits per heavy atom. The molecule has 1 fully saturated rings. The SMILES string of the molecule is Cc1cc(NS(C)(=O)=O)c(F)c(-c2[nH]c(C3(C)CC3)nc2-c2ccnc(NC[C@H](C)NC(=O)O)n2)c1. The van der Waals surface area contributed by atoms with Crippen molar-refractivity contribution in [1.82, 2.24) is 25.3 Å². The maximum Gasteiger partial charge on any atom is 0.404 e. The Hall–Kier alpha value is -3.74. The van der Waals surface area contributed by atoms with Crippen LogP contribution in [0.1, 0.15) is 38.1 Å². The third-order valence-electron chi connectivity index (χ3n) is 5.89. The number of aromatic nitrogens is 4. The summed E-state index contributed by atoms with van der Waals surface area (Å²) in [5, 5.41) is 14.2. The highest BCUT2D eigenvalue weighted by molar-refractivity contribution is 7.92. The van der Waals surface area contributed by atoms with Crippen molar-refractivity contribution >= 4 is 27.8 Å². The first-order valence-electron chi connectivity index (χ1n) is 11.3. The van der Waals surface area contributed by atoms with Gasteiger partial charge in [0.15, 0.2) is 5.82 Å². The molecule has 1 aromatic carbocycles. The van der Waals surface area contributed by atoms with E-state index in [0.717, 1.165) is 19.1 Å². The summed E-state index contributed by atoms with van der Waals surface area (Å²) < 4.78 is 41.4. The van der Waals surface area contributed by atoms with Crippen LogP contribution in [0.15, 0.2) is 24.4 Å². The van der Waals surface area contributed by atoms with Gasteiger partial charge in [0.05, 0.1) is 23.3 Å². The third-order valence-corrected chi connectivity index (χ3v) is 6.48. The molecule has 4 rings (SSSR count). The van der Waals surface area contributed by atoms with Crippen LogP contribution in [0.4, 0.5) is 20.8 Å². The summed E-state index contributed by atoms with van der Waals surface area (Å²) in [7, 11) is -3.70. The van der Waals surface area contributed by atoms with Crippen molar-refractivity contribution in [2.45, 2.75) is 45.1 Å². The van der Waals surface area contributed by atoms with Crippen LogP contribution in [0.25, 0.3) is 22.6 Å². The van der Waals surface area contributed by atoms with E-state index in [-0.39, 0.29) is 35.2 Å². The zero-order valence-electron chi connectivity index (χ0n) is 20.3. The molecule has 5 N–H and O–H groups in total. The van der Waals surface area contributed by atoms with E-state index in [1.165, 1.54) is 12.3 Å². The number of carboxylic acid groups (broad SMARTS) is 1. The van der Waals surface area contributed by atoms with E-state index in [1.54, 1.807) is 26.0 Å². The van der Waals surface area contributed by atoms with Gasteiger partial charge in [0.2, 0.25) is 16.0 Å². The average molecular weight is 518 g/mol. The van der Waals surface area contributed by atoms with Crippen LogP contribution in [0, 0.1) is 12.7 Å². The summed E-state index contributed by atoms with van der Waals surface area (Å²) in [5.41, 5.74) is 1.70. The molecular weight excluding hydrogens is 489 g/mol. The molecule has 1 aliphatic rings. The molecule has 1 aliphatic carbocycles. The topological polar surface area (TPSA) is 162 Å². The lowest BCUT2D eigenvalue weighted by molar-refractivity contribution is 0.191. The number of halogens is 1. The number of carbonyl (C=O) groups is 1. The summed E-state index contributed by atoms with van der Waals surface area (Å²) in [4.78, 5) is 27.6. The number of anilines is 2. The number of rotatable bonds is 9. The van der Waals surface area contributed by atoms with Crippen molar-refractivity contribution in [2.24, 2.45) is 0 Å². The van der Waals surface area contributed by atoms with Gasteiger partial charge in [-0.2, -0.15) is 0 Å². The fraction of sp³-hybridized carbons (Fsp3) is 0.391. The number of nitrogens with one attached hydrogen (secondary N) is 4. The maximum absolute atomic E-state index is 15.6. The van der Waals surface area contributed by atoms with Crippen LogP contribution in [-0.2, 0) is 15.4 Å². The van der Waals surface area contributed by atoms with E-state index in [1.807, 2.05) is 0 Å². The molecule has 36 heavy (non-hydrogen) atoms. The Bertz CT molecular complexity index is 1420. The standard InChI is InChI=1S/C23H28FN7O4S/c1-12-9-14(17(24)16(10-12)31-36(4,34)35)18-19(30-20(29-18)23(3)6-7-23)15-5-8-25-21(28-15)26-11-13(2)27-22(32)33/h5,8-10,13,27,31H,6-7,11H2,1-4H3,(H,29,30)(H,32,33)(H,25,26,28)/t13-/m0/s1. The Morgan fingerprint density at radius 1 is 1.31 bits per heavy atom. The van der Waals surface area contributed by atoms with Crippen LogP contribution in [0.2, 0.25) is 0 Å². The summed E-state index contributed by atoms with van der Waals surface area (Å²) in [5.74, 6) is 0.214. The van der Waals surface area contributed by atoms with Crippen molar-refractivity contribution in [3.8, 4) is 22.6 Å². The van der Waals surface area contributed by atoms with Gasteiger partial charge >= 0.3 is 6.09 Å². The Balaban J connectivity index is 1.77. The third kappa shape index (κ3) is 5.73. The normalized spacial score (nSPS) is 15.2. The lowest BCUT2D eigenvalue weighted by Crippen LogP contribution is -2.36. The van der Waals surface area contributed by atoms with Gasteiger partial charge in [-0.3, -0.25) is 4.72 Å². The van der Waals surface area contributed by atoms with Crippen molar-refractivity contribution in [1.29, 1.82) is 0 Å². The highest BCUT2D eigenvalue weighted by Gasteiger charge is 2.43. The van der Waals surface area contributed by atoms with E-state index < -0.39 is 21.9 Å². The molecule has 0 aliphatic heterocycles. The molecule has 11 nitrogen and oxygen atoms in total. The van der Waals surface area contributed by atoms with Gasteiger partial charge < -0.3 is 20.7 Å². The second-order valence-corrected chi connectivity index (χ2v) is 11.2. The molecule has 2 heterocycles. The molecule has 1 saturated carbocycles. The number of aryl methyl sites for hydroxylation is 1. The van der Waals surface area contributed by atoms with Crippen LogP contribution in [-0.4, -0.2) is 58.4 Å². The number of H-pyrrole nitrogens is 1. The van der Waals surface area contributed by atoms with Gasteiger partial charge in [-0.1, -0.05) is 6.92 Å². The minimum Gasteiger partial charge on any atom is -0.465 e. The van der Waals surface area contributed by atoms with Gasteiger partial charge in [0, 0.05) is 29.8 Å². The number of aromatic amines is 1. The number of imidazole rings is 1. The molecule has 0 unspecified atom stereocenters. The predicted molar refractivity (Wildman–Crippen MR) is 134 cm³/mol. The minimum absolute atomic E-state index is 0.155. The van der Waals surface area contributed by atoms with Gasteiger partial charge in [0.25, 0.3) is 0 Å². The smallest absolute Gasteiger partial charge is 0.404 e. The highest BCUT2D eigenvalue weighted by Crippen LogP contribution is 2.48. The van der Waals surface area contributed by atoms with E-state index in [9.17, 15) is 13.2 Å². The largest absolute Gasteiger partial charge is 0.465 e. The number of nitrogens with zero attached hydrogens (tertiary/aromatic N) is 3. The number of hydrogen-bond donors (Lipinski definition) is 5. The molecule has 0 saturated heterocycles. The Kier molecular flexibility index (Phi) is 6.60. The quantitative estimate of drug-likeness (QED) is 0.288. The van der Waals surface area contributed by atoms with Crippen molar-refractivity contribution in [2.75, 3.05) is 22.8 Å². The minimum atomic E-state index is -3.70. The first-order valence-corrected chi connectivity index (χ1v) is 13.2. The number of hydrogen-bond acceptors (Lipinski definition) is 7. The van der Waals surface area contributed by atoms with Crippen LogP contribution in [0.3, 0.4) is 0 Å². The number of sulfonamides is 1. The average Bonchev–Trinajstić information content (AvgIpc) is 3.36. The van der Waals surface area contributed by atoms with Crippen molar-refractivity contribution < 1.29 is 22.7 Å². The monoisotopic (exact) mass is 517 g/mol. The molecule has 13 heteroatoms. The fourth-order valence-electron chi connectivity index (χ4n) is 3.77.